The number of hydrogen-bond donors (Lipinski definition) is 1. The number of nitrogens with zero attached hydrogens (tertiary/aromatic N) is 3. The topological polar surface area (TPSA) is 59.4 Å². The maximum Gasteiger partial charge on any atom is 0.418 e. The van der Waals surface area contributed by atoms with Crippen molar-refractivity contribution in [1.29, 1.82) is 0 Å². The van der Waals surface area contributed by atoms with E-state index in [0.717, 1.165) is 11.6 Å². The molecule has 28 heavy (non-hydrogen) atoms. The first kappa shape index (κ1) is 18.8. The fraction of sp³-hybridized carbons (Fsp3) is 0.474. The predicted octanol–water partition coefficient (Wildman–Crippen LogP) is 3.02. The van der Waals surface area contributed by atoms with Crippen LogP contribution in [0.4, 0.5) is 24.5 Å². The van der Waals surface area contributed by atoms with Gasteiger partial charge < -0.3 is 15.0 Å². The number of aryl methyl sites for hydroxylation is 1. The van der Waals surface area contributed by atoms with Crippen molar-refractivity contribution >= 4 is 17.3 Å². The molecule has 0 bridgehead atoms. The Morgan fingerprint density at radius 3 is 2.68 bits per heavy atom. The van der Waals surface area contributed by atoms with E-state index in [0.29, 0.717) is 38.4 Å². The summed E-state index contributed by atoms with van der Waals surface area (Å²) in [5.74, 6) is -0.710. The minimum absolute atomic E-state index is 0.00987. The van der Waals surface area contributed by atoms with Gasteiger partial charge in [0, 0.05) is 37.9 Å². The summed E-state index contributed by atoms with van der Waals surface area (Å²) in [6.07, 6.45) is -0.422. The maximum atomic E-state index is 13.6. The Balaban J connectivity index is 1.51. The monoisotopic (exact) mass is 394 g/mol. The first-order valence-electron chi connectivity index (χ1n) is 9.16. The van der Waals surface area contributed by atoms with Crippen LogP contribution in [0.15, 0.2) is 30.6 Å². The van der Waals surface area contributed by atoms with Gasteiger partial charge in [0.1, 0.15) is 0 Å². The second-order valence-corrected chi connectivity index (χ2v) is 7.21. The van der Waals surface area contributed by atoms with Gasteiger partial charge in [0.2, 0.25) is 5.91 Å². The molecule has 0 radical (unpaired) electrons. The van der Waals surface area contributed by atoms with E-state index in [2.05, 4.69) is 10.4 Å². The zero-order valence-corrected chi connectivity index (χ0v) is 15.4. The minimum Gasteiger partial charge on any atom is -0.378 e. The Hall–Kier alpha value is -2.55. The van der Waals surface area contributed by atoms with Gasteiger partial charge in [-0.1, -0.05) is 0 Å². The van der Waals surface area contributed by atoms with Crippen LogP contribution in [0.5, 0.6) is 0 Å². The van der Waals surface area contributed by atoms with Gasteiger partial charge in [0.05, 0.1) is 30.7 Å². The number of carbonyl (C=O) groups is 1. The quantitative estimate of drug-likeness (QED) is 0.866. The van der Waals surface area contributed by atoms with Gasteiger partial charge >= 0.3 is 6.18 Å². The fourth-order valence-electron chi connectivity index (χ4n) is 3.60. The summed E-state index contributed by atoms with van der Waals surface area (Å²) >= 11 is 0. The first-order chi connectivity index (χ1) is 13.3. The van der Waals surface area contributed by atoms with Crippen molar-refractivity contribution in [2.45, 2.75) is 18.5 Å². The van der Waals surface area contributed by atoms with Crippen LogP contribution in [0.3, 0.4) is 0 Å². The van der Waals surface area contributed by atoms with Gasteiger partial charge in [0.15, 0.2) is 0 Å². The summed E-state index contributed by atoms with van der Waals surface area (Å²) in [5, 5.41) is 6.57. The molecule has 1 aliphatic heterocycles. The number of halogens is 3. The van der Waals surface area contributed by atoms with E-state index in [1.807, 2.05) is 11.1 Å². The molecular formula is C19H21F3N4O2. The molecule has 1 saturated carbocycles. The van der Waals surface area contributed by atoms with E-state index in [1.54, 1.807) is 24.0 Å². The lowest BCUT2D eigenvalue weighted by Crippen LogP contribution is -2.36. The zero-order valence-electron chi connectivity index (χ0n) is 15.4. The third kappa shape index (κ3) is 3.84. The highest BCUT2D eigenvalue weighted by molar-refractivity contribution is 5.96. The fourth-order valence-corrected chi connectivity index (χ4v) is 3.60. The number of amides is 1. The number of nitrogens with one attached hydrogen (secondary N) is 1. The molecule has 2 aromatic rings. The normalized spacial score (nSPS) is 22.2. The van der Waals surface area contributed by atoms with Crippen LogP contribution in [0.25, 0.3) is 0 Å². The van der Waals surface area contributed by atoms with Gasteiger partial charge in [-0.05, 0) is 36.1 Å². The molecule has 2 heterocycles. The van der Waals surface area contributed by atoms with Crippen molar-refractivity contribution in [1.82, 2.24) is 9.78 Å². The molecule has 2 aliphatic rings. The Labute approximate surface area is 160 Å². The molecule has 4 rings (SSSR count). The highest BCUT2D eigenvalue weighted by Gasteiger charge is 2.45. The van der Waals surface area contributed by atoms with Crippen molar-refractivity contribution in [2.75, 3.05) is 36.5 Å². The van der Waals surface area contributed by atoms with Gasteiger partial charge in [0.25, 0.3) is 0 Å². The van der Waals surface area contributed by atoms with Crippen molar-refractivity contribution in [3.8, 4) is 0 Å². The highest BCUT2D eigenvalue weighted by atomic mass is 19.4. The lowest BCUT2D eigenvalue weighted by molar-refractivity contribution is -0.136. The average molecular weight is 394 g/mol. The molecule has 0 spiro atoms. The molecule has 2 atom stereocenters. The smallest absolute Gasteiger partial charge is 0.378 e. The Kier molecular flexibility index (Phi) is 4.78. The van der Waals surface area contributed by atoms with Crippen molar-refractivity contribution in [2.24, 2.45) is 13.0 Å². The molecule has 1 aromatic heterocycles. The van der Waals surface area contributed by atoms with E-state index in [9.17, 15) is 18.0 Å². The molecule has 1 saturated heterocycles. The summed E-state index contributed by atoms with van der Waals surface area (Å²) < 4.78 is 47.7. The van der Waals surface area contributed by atoms with E-state index >= 15 is 0 Å². The molecule has 1 aromatic carbocycles. The number of morpholine rings is 1. The second-order valence-electron chi connectivity index (χ2n) is 7.21. The average Bonchev–Trinajstić information content (AvgIpc) is 3.36. The lowest BCUT2D eigenvalue weighted by Gasteiger charge is -2.29. The summed E-state index contributed by atoms with van der Waals surface area (Å²) in [5.41, 5.74) is 0.379. The molecule has 2 unspecified atom stereocenters. The van der Waals surface area contributed by atoms with Crippen LogP contribution in [0, 0.1) is 5.92 Å². The molecule has 6 nitrogen and oxygen atoms in total. The van der Waals surface area contributed by atoms with Crippen LogP contribution in [0.2, 0.25) is 0 Å². The standard InChI is InChI=1S/C19H21F3N4O2/c1-25-11-12(10-23-25)14-9-15(14)18(27)24-17-3-2-13(8-16(17)19(20,21)22)26-4-6-28-7-5-26/h2-3,8,10-11,14-15H,4-7,9H2,1H3,(H,24,27). The first-order valence-corrected chi connectivity index (χ1v) is 9.16. The third-order valence-corrected chi connectivity index (χ3v) is 5.22. The zero-order chi connectivity index (χ0) is 19.9. The molecule has 150 valence electrons. The second kappa shape index (κ2) is 7.12. The van der Waals surface area contributed by atoms with Crippen LogP contribution in [-0.4, -0.2) is 42.0 Å². The van der Waals surface area contributed by atoms with E-state index in [4.69, 9.17) is 4.74 Å². The number of aromatic nitrogens is 2. The van der Waals surface area contributed by atoms with Crippen molar-refractivity contribution < 1.29 is 22.7 Å². The van der Waals surface area contributed by atoms with E-state index < -0.39 is 17.6 Å². The number of anilines is 2. The maximum absolute atomic E-state index is 13.6. The number of carbonyl (C=O) groups excluding carboxylic acids is 1. The Bertz CT molecular complexity index is 874. The van der Waals surface area contributed by atoms with Gasteiger partial charge in [-0.25, -0.2) is 0 Å². The molecule has 9 heteroatoms. The van der Waals surface area contributed by atoms with Crippen LogP contribution < -0.4 is 10.2 Å². The Morgan fingerprint density at radius 2 is 2.04 bits per heavy atom. The predicted molar refractivity (Wildman–Crippen MR) is 97.2 cm³/mol. The summed E-state index contributed by atoms with van der Waals surface area (Å²) in [4.78, 5) is 14.3. The molecule has 1 aliphatic carbocycles. The SMILES string of the molecule is Cn1cc(C2CC2C(=O)Nc2ccc(N3CCOCC3)cc2C(F)(F)F)cn1. The van der Waals surface area contributed by atoms with Crippen molar-refractivity contribution in [3.05, 3.63) is 41.7 Å². The van der Waals surface area contributed by atoms with Crippen LogP contribution in [-0.2, 0) is 22.8 Å². The minimum atomic E-state index is -4.56. The molecule has 2 fully saturated rings. The molecule has 1 N–H and O–H groups in total. The molecule has 1 amide bonds. The summed E-state index contributed by atoms with van der Waals surface area (Å²) in [6.45, 7) is 2.05. The Morgan fingerprint density at radius 1 is 1.29 bits per heavy atom. The van der Waals surface area contributed by atoms with Gasteiger partial charge in [-0.15, -0.1) is 0 Å². The van der Waals surface area contributed by atoms with Crippen LogP contribution >= 0.6 is 0 Å². The largest absolute Gasteiger partial charge is 0.418 e. The number of alkyl halides is 3. The van der Waals surface area contributed by atoms with E-state index in [-0.39, 0.29) is 17.5 Å². The lowest BCUT2D eigenvalue weighted by atomic mass is 10.1. The molecular weight excluding hydrogens is 373 g/mol. The number of ether oxygens (including phenoxy) is 1. The van der Waals surface area contributed by atoms with Crippen LogP contribution in [0.1, 0.15) is 23.5 Å². The van der Waals surface area contributed by atoms with Crippen molar-refractivity contribution in [3.63, 3.8) is 0 Å². The number of benzene rings is 1. The summed E-state index contributed by atoms with van der Waals surface area (Å²) in [7, 11) is 1.78. The summed E-state index contributed by atoms with van der Waals surface area (Å²) in [6, 6.07) is 4.06. The highest BCUT2D eigenvalue weighted by Crippen LogP contribution is 2.48. The third-order valence-electron chi connectivity index (χ3n) is 5.22. The number of rotatable bonds is 4. The number of hydrogen-bond acceptors (Lipinski definition) is 4. The van der Waals surface area contributed by atoms with Gasteiger partial charge in [-0.3, -0.25) is 9.48 Å². The van der Waals surface area contributed by atoms with Gasteiger partial charge in [-0.2, -0.15) is 18.3 Å². The van der Waals surface area contributed by atoms with E-state index in [1.165, 1.54) is 6.07 Å².